The number of unbranched alkanes of at least 4 members (excludes halogenated alkanes) is 1. The number of esters is 2. The molecule has 6 unspecified atom stereocenters. The number of allylic oxidation sites excluding steroid dienone is 4. The van der Waals surface area contributed by atoms with Gasteiger partial charge in [-0.15, -0.1) is 0 Å². The molecule has 2 fully saturated rings. The van der Waals surface area contributed by atoms with Crippen molar-refractivity contribution in [2.45, 2.75) is 71.3 Å². The Kier molecular flexibility index (Phi) is 5.18. The number of carbonyl (C=O) groups excluding carboxylic acids is 2. The van der Waals surface area contributed by atoms with Gasteiger partial charge in [0.05, 0.1) is 18.4 Å². The molecule has 0 aromatic heterocycles. The summed E-state index contributed by atoms with van der Waals surface area (Å²) in [6, 6.07) is 0. The van der Waals surface area contributed by atoms with Crippen LogP contribution in [0.15, 0.2) is 24.3 Å². The molecule has 4 bridgehead atoms. The van der Waals surface area contributed by atoms with Crippen LogP contribution in [0.1, 0.15) is 65.7 Å². The molecule has 6 atom stereocenters. The normalized spacial score (nSPS) is 37.6. The van der Waals surface area contributed by atoms with Gasteiger partial charge < -0.3 is 9.47 Å². The van der Waals surface area contributed by atoms with Crippen molar-refractivity contribution in [2.24, 2.45) is 35.0 Å². The first-order valence-corrected chi connectivity index (χ1v) is 11.0. The monoisotopic (exact) mass is 386 g/mol. The van der Waals surface area contributed by atoms with Gasteiger partial charge in [0.1, 0.15) is 5.60 Å². The topological polar surface area (TPSA) is 52.6 Å². The second-order valence-corrected chi connectivity index (χ2v) is 10.4. The number of carbonyl (C=O) groups is 2. The third kappa shape index (κ3) is 3.92. The molecule has 154 valence electrons. The number of rotatable bonds is 7. The minimum atomic E-state index is -0.438. The van der Waals surface area contributed by atoms with Crippen LogP contribution in [-0.2, 0) is 19.1 Å². The van der Waals surface area contributed by atoms with E-state index in [2.05, 4.69) is 24.3 Å². The van der Waals surface area contributed by atoms with E-state index in [4.69, 9.17) is 9.47 Å². The maximum absolute atomic E-state index is 12.7. The first-order valence-electron chi connectivity index (χ1n) is 11.0. The van der Waals surface area contributed by atoms with Crippen LogP contribution in [0.3, 0.4) is 0 Å². The van der Waals surface area contributed by atoms with Crippen molar-refractivity contribution < 1.29 is 19.1 Å². The van der Waals surface area contributed by atoms with E-state index in [-0.39, 0.29) is 29.2 Å². The van der Waals surface area contributed by atoms with E-state index in [9.17, 15) is 9.59 Å². The lowest BCUT2D eigenvalue weighted by molar-refractivity contribution is -0.163. The van der Waals surface area contributed by atoms with E-state index in [1.165, 1.54) is 0 Å². The van der Waals surface area contributed by atoms with Crippen molar-refractivity contribution >= 4 is 11.9 Å². The van der Waals surface area contributed by atoms with Gasteiger partial charge in [-0.2, -0.15) is 0 Å². The van der Waals surface area contributed by atoms with Gasteiger partial charge in [-0.25, -0.2) is 0 Å². The first kappa shape index (κ1) is 19.7. The van der Waals surface area contributed by atoms with Crippen LogP contribution in [0.4, 0.5) is 0 Å². The molecule has 0 N–H and O–H groups in total. The summed E-state index contributed by atoms with van der Waals surface area (Å²) in [6.07, 6.45) is 15.9. The maximum Gasteiger partial charge on any atom is 0.310 e. The minimum absolute atomic E-state index is 0.0108. The lowest BCUT2D eigenvalue weighted by Crippen LogP contribution is -2.35. The Morgan fingerprint density at radius 1 is 1.00 bits per heavy atom. The summed E-state index contributed by atoms with van der Waals surface area (Å²) in [7, 11) is 0. The molecular formula is C24H34O4. The molecule has 4 aliphatic rings. The van der Waals surface area contributed by atoms with Crippen LogP contribution in [0, 0.1) is 35.0 Å². The van der Waals surface area contributed by atoms with E-state index >= 15 is 0 Å². The van der Waals surface area contributed by atoms with Gasteiger partial charge >= 0.3 is 11.9 Å². The second kappa shape index (κ2) is 7.35. The third-order valence-corrected chi connectivity index (χ3v) is 7.13. The van der Waals surface area contributed by atoms with E-state index in [0.717, 1.165) is 44.9 Å². The Labute approximate surface area is 168 Å². The first-order chi connectivity index (χ1) is 13.3. The second-order valence-electron chi connectivity index (χ2n) is 10.4. The van der Waals surface area contributed by atoms with Crippen LogP contribution in [-0.4, -0.2) is 24.1 Å². The lowest BCUT2D eigenvalue weighted by Gasteiger charge is -2.33. The van der Waals surface area contributed by atoms with Crippen LogP contribution in [0.25, 0.3) is 0 Å². The molecule has 4 heteroatoms. The zero-order chi connectivity index (χ0) is 19.9. The maximum atomic E-state index is 12.7. The van der Waals surface area contributed by atoms with Crippen molar-refractivity contribution in [3.8, 4) is 0 Å². The zero-order valence-corrected chi connectivity index (χ0v) is 17.5. The molecule has 2 saturated carbocycles. The summed E-state index contributed by atoms with van der Waals surface area (Å²) in [6.45, 7) is 6.29. The highest BCUT2D eigenvalue weighted by molar-refractivity contribution is 5.75. The largest absolute Gasteiger partial charge is 0.465 e. The highest BCUT2D eigenvalue weighted by Gasteiger charge is 2.52. The standard InChI is InChI=1S/C24H34O4/c1-23(2,3)28-22(26)20-14-17-8-10-24(20,15-17)9-4-5-11-27-21(25)19-13-16-6-7-18(19)12-16/h6-8,10,16-20H,4-5,9,11-15H2,1-3H3. The fraction of sp³-hybridized carbons (Fsp3) is 0.750. The fourth-order valence-corrected chi connectivity index (χ4v) is 5.86. The zero-order valence-electron chi connectivity index (χ0n) is 17.5. The predicted molar refractivity (Wildman–Crippen MR) is 107 cm³/mol. The van der Waals surface area contributed by atoms with Gasteiger partial charge in [0, 0.05) is 5.41 Å². The minimum Gasteiger partial charge on any atom is -0.465 e. The summed E-state index contributed by atoms with van der Waals surface area (Å²) < 4.78 is 11.3. The molecule has 4 aliphatic carbocycles. The summed E-state index contributed by atoms with van der Waals surface area (Å²) in [5, 5.41) is 0. The number of ether oxygens (including phenoxy) is 2. The molecule has 0 radical (unpaired) electrons. The van der Waals surface area contributed by atoms with Gasteiger partial charge in [0.15, 0.2) is 0 Å². The third-order valence-electron chi connectivity index (χ3n) is 7.13. The van der Waals surface area contributed by atoms with E-state index in [0.29, 0.717) is 24.4 Å². The Balaban J connectivity index is 1.22. The molecule has 0 aliphatic heterocycles. The smallest absolute Gasteiger partial charge is 0.310 e. The van der Waals surface area contributed by atoms with Crippen molar-refractivity contribution in [3.05, 3.63) is 24.3 Å². The molecule has 0 spiro atoms. The van der Waals surface area contributed by atoms with Gasteiger partial charge in [-0.05, 0) is 83.5 Å². The van der Waals surface area contributed by atoms with Crippen LogP contribution in [0.5, 0.6) is 0 Å². The molecule has 4 nitrogen and oxygen atoms in total. The van der Waals surface area contributed by atoms with E-state index in [1.807, 2.05) is 20.8 Å². The van der Waals surface area contributed by atoms with E-state index < -0.39 is 5.60 Å². The SMILES string of the molecule is CC(C)(C)OC(=O)C1CC2C=CC1(CCCCOC(=O)C1CC3C=CC1C3)C2. The number of hydrogen-bond donors (Lipinski definition) is 0. The molecule has 0 aromatic rings. The Morgan fingerprint density at radius 2 is 1.82 bits per heavy atom. The van der Waals surface area contributed by atoms with Gasteiger partial charge in [0.25, 0.3) is 0 Å². The van der Waals surface area contributed by atoms with Gasteiger partial charge in [-0.1, -0.05) is 24.3 Å². The molecule has 4 rings (SSSR count). The van der Waals surface area contributed by atoms with Crippen LogP contribution >= 0.6 is 0 Å². The van der Waals surface area contributed by atoms with Crippen molar-refractivity contribution in [1.29, 1.82) is 0 Å². The Hall–Kier alpha value is -1.58. The highest BCUT2D eigenvalue weighted by Crippen LogP contribution is 2.56. The van der Waals surface area contributed by atoms with Gasteiger partial charge in [0.2, 0.25) is 0 Å². The quantitative estimate of drug-likeness (QED) is 0.357. The summed E-state index contributed by atoms with van der Waals surface area (Å²) in [4.78, 5) is 25.0. The number of fused-ring (bicyclic) bond motifs is 4. The predicted octanol–water partition coefficient (Wildman–Crippen LogP) is 4.84. The molecule has 0 amide bonds. The number of hydrogen-bond acceptors (Lipinski definition) is 4. The van der Waals surface area contributed by atoms with Gasteiger partial charge in [-0.3, -0.25) is 9.59 Å². The molecule has 0 heterocycles. The highest BCUT2D eigenvalue weighted by atomic mass is 16.6. The molecular weight excluding hydrogens is 352 g/mol. The van der Waals surface area contributed by atoms with Crippen LogP contribution < -0.4 is 0 Å². The molecule has 0 aromatic carbocycles. The Morgan fingerprint density at radius 3 is 2.46 bits per heavy atom. The molecule has 0 saturated heterocycles. The van der Waals surface area contributed by atoms with Crippen LogP contribution in [0.2, 0.25) is 0 Å². The molecule has 28 heavy (non-hydrogen) atoms. The van der Waals surface area contributed by atoms with Crippen molar-refractivity contribution in [3.63, 3.8) is 0 Å². The summed E-state index contributed by atoms with van der Waals surface area (Å²) in [5.74, 6) is 1.52. The summed E-state index contributed by atoms with van der Waals surface area (Å²) >= 11 is 0. The average molecular weight is 387 g/mol. The van der Waals surface area contributed by atoms with Crippen molar-refractivity contribution in [2.75, 3.05) is 6.61 Å². The van der Waals surface area contributed by atoms with E-state index in [1.54, 1.807) is 0 Å². The average Bonchev–Trinajstić information content (AvgIpc) is 3.39. The lowest BCUT2D eigenvalue weighted by atomic mass is 9.74. The fourth-order valence-electron chi connectivity index (χ4n) is 5.86. The summed E-state index contributed by atoms with van der Waals surface area (Å²) in [5.41, 5.74) is -0.487. The van der Waals surface area contributed by atoms with Crippen molar-refractivity contribution in [1.82, 2.24) is 0 Å². The Bertz CT molecular complexity index is 685.